The molecule has 1 atom stereocenters. The normalized spacial score (nSPS) is 17.1. The number of aromatic nitrogens is 1. The van der Waals surface area contributed by atoms with Gasteiger partial charge in [0, 0.05) is 29.2 Å². The van der Waals surface area contributed by atoms with Crippen molar-refractivity contribution in [2.24, 2.45) is 0 Å². The lowest BCUT2D eigenvalue weighted by Gasteiger charge is -2.19. The monoisotopic (exact) mass is 298 g/mol. The molecule has 118 valence electrons. The summed E-state index contributed by atoms with van der Waals surface area (Å²) in [6.45, 7) is 9.30. The molecule has 1 aliphatic heterocycles. The highest BCUT2D eigenvalue weighted by molar-refractivity contribution is 5.42. The van der Waals surface area contributed by atoms with Crippen molar-refractivity contribution < 1.29 is 5.11 Å². The molecule has 0 amide bonds. The minimum Gasteiger partial charge on any atom is -0.387 e. The predicted molar refractivity (Wildman–Crippen MR) is 90.6 cm³/mol. The average molecular weight is 298 g/mol. The Labute approximate surface area is 133 Å². The lowest BCUT2D eigenvalue weighted by atomic mass is 10.1. The van der Waals surface area contributed by atoms with Crippen molar-refractivity contribution in [1.82, 2.24) is 9.47 Å². The van der Waals surface area contributed by atoms with Crippen molar-refractivity contribution in [3.05, 3.63) is 52.8 Å². The molecule has 3 heteroatoms. The Kier molecular flexibility index (Phi) is 4.37. The van der Waals surface area contributed by atoms with Gasteiger partial charge in [0.25, 0.3) is 0 Å². The molecule has 1 aliphatic rings. The van der Waals surface area contributed by atoms with Gasteiger partial charge in [0.1, 0.15) is 0 Å². The number of β-amino-alcohol motifs (C(OH)–C–C–N with tert-alkyl or cyclic N) is 1. The first-order valence-electron chi connectivity index (χ1n) is 8.22. The maximum Gasteiger partial charge on any atom is 0.0934 e. The van der Waals surface area contributed by atoms with Gasteiger partial charge in [-0.3, -0.25) is 0 Å². The Bertz CT molecular complexity index is 636. The molecule has 0 saturated carbocycles. The van der Waals surface area contributed by atoms with Gasteiger partial charge in [-0.15, -0.1) is 0 Å². The zero-order chi connectivity index (χ0) is 15.7. The number of aliphatic hydroxyl groups excluding tert-OH is 1. The lowest BCUT2D eigenvalue weighted by Crippen LogP contribution is -2.25. The van der Waals surface area contributed by atoms with Gasteiger partial charge in [0.2, 0.25) is 0 Å². The molecule has 3 nitrogen and oxygen atoms in total. The van der Waals surface area contributed by atoms with Crippen molar-refractivity contribution in [3.8, 4) is 5.69 Å². The van der Waals surface area contributed by atoms with E-state index in [1.807, 2.05) is 0 Å². The van der Waals surface area contributed by atoms with Crippen LogP contribution in [0.1, 0.15) is 41.5 Å². The van der Waals surface area contributed by atoms with Gasteiger partial charge in [-0.25, -0.2) is 0 Å². The van der Waals surface area contributed by atoms with Gasteiger partial charge in [-0.05, 0) is 64.9 Å². The minimum absolute atomic E-state index is 0.400. The predicted octanol–water partition coefficient (Wildman–Crippen LogP) is 3.53. The van der Waals surface area contributed by atoms with Crippen molar-refractivity contribution in [3.63, 3.8) is 0 Å². The minimum atomic E-state index is -0.400. The first-order valence-corrected chi connectivity index (χ1v) is 8.22. The topological polar surface area (TPSA) is 28.4 Å². The number of aryl methyl sites for hydroxylation is 2. The summed E-state index contributed by atoms with van der Waals surface area (Å²) in [5.41, 5.74) is 5.82. The van der Waals surface area contributed by atoms with Crippen molar-refractivity contribution in [2.75, 3.05) is 19.6 Å². The highest BCUT2D eigenvalue weighted by atomic mass is 16.3. The van der Waals surface area contributed by atoms with Crippen molar-refractivity contribution in [1.29, 1.82) is 0 Å². The van der Waals surface area contributed by atoms with Crippen molar-refractivity contribution >= 4 is 0 Å². The van der Waals surface area contributed by atoms with Gasteiger partial charge >= 0.3 is 0 Å². The van der Waals surface area contributed by atoms with Crippen LogP contribution in [0.2, 0.25) is 0 Å². The third kappa shape index (κ3) is 2.96. The van der Waals surface area contributed by atoms with Crippen LogP contribution in [0, 0.1) is 20.8 Å². The van der Waals surface area contributed by atoms with E-state index < -0.39 is 6.10 Å². The Morgan fingerprint density at radius 1 is 1.05 bits per heavy atom. The van der Waals surface area contributed by atoms with E-state index in [0.29, 0.717) is 0 Å². The van der Waals surface area contributed by atoms with Gasteiger partial charge in [0.15, 0.2) is 0 Å². The number of rotatable bonds is 4. The molecule has 2 aromatic rings. The fraction of sp³-hybridized carbons (Fsp3) is 0.474. The molecule has 22 heavy (non-hydrogen) atoms. The van der Waals surface area contributed by atoms with Crippen LogP contribution in [0.15, 0.2) is 30.3 Å². The summed E-state index contributed by atoms with van der Waals surface area (Å²) >= 11 is 0. The molecule has 2 heterocycles. The fourth-order valence-electron chi connectivity index (χ4n) is 3.52. The third-order valence-corrected chi connectivity index (χ3v) is 4.75. The van der Waals surface area contributed by atoms with E-state index in [9.17, 15) is 5.11 Å². The van der Waals surface area contributed by atoms with Crippen LogP contribution in [0.25, 0.3) is 5.69 Å². The summed E-state index contributed by atoms with van der Waals surface area (Å²) in [7, 11) is 0. The van der Waals surface area contributed by atoms with Crippen LogP contribution in [0.4, 0.5) is 0 Å². The van der Waals surface area contributed by atoms with Gasteiger partial charge < -0.3 is 14.6 Å². The summed E-state index contributed by atoms with van der Waals surface area (Å²) in [6.07, 6.45) is 2.12. The number of likely N-dealkylation sites (tertiary alicyclic amines) is 1. The van der Waals surface area contributed by atoms with Crippen LogP contribution in [0.5, 0.6) is 0 Å². The van der Waals surface area contributed by atoms with E-state index in [-0.39, 0.29) is 0 Å². The molecule has 1 fully saturated rings. The summed E-state index contributed by atoms with van der Waals surface area (Å²) in [5.74, 6) is 0. The van der Waals surface area contributed by atoms with Crippen LogP contribution < -0.4 is 0 Å². The zero-order valence-electron chi connectivity index (χ0n) is 13.8. The first kappa shape index (κ1) is 15.3. The second-order valence-electron chi connectivity index (χ2n) is 6.52. The second kappa shape index (κ2) is 6.27. The number of hydrogen-bond donors (Lipinski definition) is 1. The van der Waals surface area contributed by atoms with E-state index in [4.69, 9.17) is 0 Å². The van der Waals surface area contributed by atoms with Crippen LogP contribution in [-0.2, 0) is 0 Å². The molecule has 0 aliphatic carbocycles. The molecular weight excluding hydrogens is 272 g/mol. The standard InChI is InChI=1S/C19H26N2O/c1-14-6-8-17(9-7-14)21-15(2)12-18(16(21)3)19(22)13-20-10-4-5-11-20/h6-9,12,19,22H,4-5,10-11,13H2,1-3H3. The smallest absolute Gasteiger partial charge is 0.0934 e. The Balaban J connectivity index is 1.87. The number of hydrogen-bond acceptors (Lipinski definition) is 2. The second-order valence-corrected chi connectivity index (χ2v) is 6.52. The fourth-order valence-corrected chi connectivity index (χ4v) is 3.52. The molecule has 1 N–H and O–H groups in total. The molecule has 1 aromatic heterocycles. The zero-order valence-corrected chi connectivity index (χ0v) is 13.8. The van der Waals surface area contributed by atoms with E-state index in [1.54, 1.807) is 0 Å². The molecule has 1 aromatic carbocycles. The summed E-state index contributed by atoms with van der Waals surface area (Å²) in [4.78, 5) is 2.36. The van der Waals surface area contributed by atoms with Gasteiger partial charge in [0.05, 0.1) is 6.10 Å². The molecule has 0 radical (unpaired) electrons. The van der Waals surface area contributed by atoms with Gasteiger partial charge in [-0.1, -0.05) is 17.7 Å². The maximum absolute atomic E-state index is 10.6. The number of aliphatic hydroxyl groups is 1. The molecule has 1 saturated heterocycles. The average Bonchev–Trinajstić information content (AvgIpc) is 3.09. The Morgan fingerprint density at radius 3 is 2.32 bits per heavy atom. The highest BCUT2D eigenvalue weighted by Crippen LogP contribution is 2.27. The van der Waals surface area contributed by atoms with E-state index in [1.165, 1.54) is 29.8 Å². The van der Waals surface area contributed by atoms with Crippen LogP contribution >= 0.6 is 0 Å². The largest absolute Gasteiger partial charge is 0.387 e. The summed E-state index contributed by atoms with van der Waals surface area (Å²) in [5, 5.41) is 10.6. The molecular formula is C19H26N2O. The third-order valence-electron chi connectivity index (χ3n) is 4.75. The van der Waals surface area contributed by atoms with E-state index >= 15 is 0 Å². The quantitative estimate of drug-likeness (QED) is 0.935. The molecule has 1 unspecified atom stereocenters. The first-order chi connectivity index (χ1) is 10.6. The van der Waals surface area contributed by atoms with E-state index in [0.717, 1.165) is 30.9 Å². The number of nitrogens with zero attached hydrogens (tertiary/aromatic N) is 2. The SMILES string of the molecule is Cc1ccc(-n2c(C)cc(C(O)CN3CCCC3)c2C)cc1. The number of benzene rings is 1. The molecule has 0 spiro atoms. The maximum atomic E-state index is 10.6. The van der Waals surface area contributed by atoms with Crippen LogP contribution in [-0.4, -0.2) is 34.2 Å². The Morgan fingerprint density at radius 2 is 1.68 bits per heavy atom. The molecule has 3 rings (SSSR count). The van der Waals surface area contributed by atoms with Gasteiger partial charge in [-0.2, -0.15) is 0 Å². The Hall–Kier alpha value is -1.58. The summed E-state index contributed by atoms with van der Waals surface area (Å²) < 4.78 is 2.24. The lowest BCUT2D eigenvalue weighted by molar-refractivity contribution is 0.125. The van der Waals surface area contributed by atoms with Crippen LogP contribution in [0.3, 0.4) is 0 Å². The molecule has 0 bridgehead atoms. The highest BCUT2D eigenvalue weighted by Gasteiger charge is 2.21. The van der Waals surface area contributed by atoms with E-state index in [2.05, 4.69) is 60.6 Å². The van der Waals surface area contributed by atoms with Crippen molar-refractivity contribution in [2.45, 2.75) is 39.7 Å². The summed E-state index contributed by atoms with van der Waals surface area (Å²) in [6, 6.07) is 10.7.